The Labute approximate surface area is 179 Å². The van der Waals surface area contributed by atoms with Crippen molar-refractivity contribution in [3.63, 3.8) is 0 Å². The van der Waals surface area contributed by atoms with Gasteiger partial charge in [-0.3, -0.25) is 4.72 Å². The van der Waals surface area contributed by atoms with E-state index in [1.54, 1.807) is 6.07 Å². The topological polar surface area (TPSA) is 84.2 Å². The Kier molecular flexibility index (Phi) is 7.43. The maximum atomic E-state index is 11.4. The van der Waals surface area contributed by atoms with E-state index in [0.29, 0.717) is 24.2 Å². The fourth-order valence-corrected chi connectivity index (χ4v) is 5.40. The quantitative estimate of drug-likeness (QED) is 0.577. The molecule has 0 amide bonds. The van der Waals surface area contributed by atoms with Crippen LogP contribution in [0.3, 0.4) is 0 Å². The van der Waals surface area contributed by atoms with Crippen LogP contribution in [0.15, 0.2) is 47.5 Å². The lowest BCUT2D eigenvalue weighted by atomic mass is 9.63. The van der Waals surface area contributed by atoms with Gasteiger partial charge in [-0.25, -0.2) is 8.42 Å². The minimum absolute atomic E-state index is 0.161. The zero-order chi connectivity index (χ0) is 20.9. The Bertz CT molecular complexity index is 859. The van der Waals surface area contributed by atoms with Crippen molar-refractivity contribution in [1.82, 2.24) is 5.32 Å². The molecule has 7 heteroatoms. The molecule has 1 saturated carbocycles. The van der Waals surface area contributed by atoms with E-state index in [4.69, 9.17) is 17.3 Å². The van der Waals surface area contributed by atoms with E-state index in [1.165, 1.54) is 6.26 Å². The van der Waals surface area contributed by atoms with E-state index < -0.39 is 10.0 Å². The Balaban J connectivity index is 1.47. The maximum absolute atomic E-state index is 11.4. The second-order valence-electron chi connectivity index (χ2n) is 8.43. The highest BCUT2D eigenvalue weighted by Gasteiger charge is 2.40. The number of nitrogens with one attached hydrogen (secondary N) is 2. The van der Waals surface area contributed by atoms with Gasteiger partial charge in [0, 0.05) is 16.8 Å². The van der Waals surface area contributed by atoms with Crippen molar-refractivity contribution in [3.05, 3.63) is 53.1 Å². The Morgan fingerprint density at radius 1 is 1.28 bits per heavy atom. The van der Waals surface area contributed by atoms with Gasteiger partial charge in [0.25, 0.3) is 0 Å². The molecule has 29 heavy (non-hydrogen) atoms. The molecule has 5 nitrogen and oxygen atoms in total. The normalized spacial score (nSPS) is 27.5. The van der Waals surface area contributed by atoms with Gasteiger partial charge in [-0.15, -0.1) is 0 Å². The third-order valence-corrected chi connectivity index (χ3v) is 7.17. The first kappa shape index (κ1) is 22.3. The second kappa shape index (κ2) is 9.65. The van der Waals surface area contributed by atoms with Gasteiger partial charge in [0.1, 0.15) is 0 Å². The van der Waals surface area contributed by atoms with Crippen LogP contribution in [-0.2, 0) is 16.4 Å². The molecule has 1 unspecified atom stereocenters. The number of allylic oxidation sites excluding steroid dienone is 4. The van der Waals surface area contributed by atoms with Crippen LogP contribution in [0.25, 0.3) is 0 Å². The van der Waals surface area contributed by atoms with Crippen molar-refractivity contribution in [1.29, 1.82) is 0 Å². The summed E-state index contributed by atoms with van der Waals surface area (Å²) in [7, 11) is -3.25. The van der Waals surface area contributed by atoms with Crippen LogP contribution < -0.4 is 15.8 Å². The summed E-state index contributed by atoms with van der Waals surface area (Å²) in [5.41, 5.74) is 8.12. The molecule has 0 bridgehead atoms. The fourth-order valence-electron chi connectivity index (χ4n) is 4.61. The first-order chi connectivity index (χ1) is 13.8. The second-order valence-corrected chi connectivity index (χ2v) is 10.7. The Hall–Kier alpha value is -1.34. The maximum Gasteiger partial charge on any atom is 0.229 e. The van der Waals surface area contributed by atoms with Crippen LogP contribution in [-0.4, -0.2) is 33.8 Å². The number of halogens is 1. The van der Waals surface area contributed by atoms with E-state index in [1.807, 2.05) is 24.3 Å². The molecule has 0 aromatic heterocycles. The van der Waals surface area contributed by atoms with Gasteiger partial charge >= 0.3 is 0 Å². The van der Waals surface area contributed by atoms with Gasteiger partial charge in [0.05, 0.1) is 6.26 Å². The van der Waals surface area contributed by atoms with Gasteiger partial charge < -0.3 is 11.1 Å². The highest BCUT2D eigenvalue weighted by molar-refractivity contribution is 7.92. The first-order valence-electron chi connectivity index (χ1n) is 10.3. The molecular formula is C22H32ClN3O2S. The number of nitrogens with two attached hydrogens (primary N) is 1. The van der Waals surface area contributed by atoms with Crippen molar-refractivity contribution in [2.75, 3.05) is 24.1 Å². The molecule has 1 atom stereocenters. The summed E-state index contributed by atoms with van der Waals surface area (Å²) in [5.74, 6) is 0.441. The molecule has 160 valence electrons. The first-order valence-corrected chi connectivity index (χ1v) is 12.6. The molecule has 0 heterocycles. The number of hydrogen-bond acceptors (Lipinski definition) is 4. The van der Waals surface area contributed by atoms with Crippen molar-refractivity contribution < 1.29 is 8.42 Å². The largest absolute Gasteiger partial charge is 0.330 e. The lowest BCUT2D eigenvalue weighted by Crippen LogP contribution is -2.45. The van der Waals surface area contributed by atoms with E-state index in [0.717, 1.165) is 55.7 Å². The van der Waals surface area contributed by atoms with Crippen LogP contribution in [0.1, 0.15) is 37.7 Å². The van der Waals surface area contributed by atoms with Gasteiger partial charge in [-0.05, 0) is 86.7 Å². The number of anilines is 1. The summed E-state index contributed by atoms with van der Waals surface area (Å²) >= 11 is 6.27. The van der Waals surface area contributed by atoms with Crippen molar-refractivity contribution in [2.24, 2.45) is 17.1 Å². The van der Waals surface area contributed by atoms with Crippen molar-refractivity contribution in [2.45, 2.75) is 44.6 Å². The predicted octanol–water partition coefficient (Wildman–Crippen LogP) is 3.78. The minimum atomic E-state index is -3.25. The minimum Gasteiger partial charge on any atom is -0.330 e. The van der Waals surface area contributed by atoms with Gasteiger partial charge in [-0.1, -0.05) is 35.9 Å². The highest BCUT2D eigenvalue weighted by atomic mass is 35.5. The molecule has 3 rings (SSSR count). The lowest BCUT2D eigenvalue weighted by Gasteiger charge is -2.45. The highest BCUT2D eigenvalue weighted by Crippen LogP contribution is 2.46. The summed E-state index contributed by atoms with van der Waals surface area (Å²) < 4.78 is 25.3. The predicted molar refractivity (Wildman–Crippen MR) is 122 cm³/mol. The van der Waals surface area contributed by atoms with Gasteiger partial charge in [-0.2, -0.15) is 0 Å². The van der Waals surface area contributed by atoms with Crippen LogP contribution in [0.5, 0.6) is 0 Å². The number of rotatable bonds is 8. The summed E-state index contributed by atoms with van der Waals surface area (Å²) in [5, 5.41) is 4.61. The molecule has 0 radical (unpaired) electrons. The molecule has 2 aliphatic rings. The summed E-state index contributed by atoms with van der Waals surface area (Å²) in [6, 6.07) is 8.09. The average molecular weight is 438 g/mol. The Morgan fingerprint density at radius 3 is 2.69 bits per heavy atom. The third kappa shape index (κ3) is 6.32. The van der Waals surface area contributed by atoms with Crippen molar-refractivity contribution in [3.8, 4) is 0 Å². The summed E-state index contributed by atoms with van der Waals surface area (Å²) in [4.78, 5) is 0. The zero-order valence-electron chi connectivity index (χ0n) is 17.0. The fraction of sp³-hybridized carbons (Fsp3) is 0.545. The van der Waals surface area contributed by atoms with E-state index >= 15 is 0 Å². The standard InChI is InChI=1S/C22H32ClN3O2S/c1-29(27,28)26-21-7-2-4-17(14-21)10-13-25-20-8-11-22(16-24,12-9-20)18-5-3-6-19(23)15-18/h2-7,14,18,20,25-26H,8-13,15-16,24H2,1H3/t18?,20-,22-. The lowest BCUT2D eigenvalue weighted by molar-refractivity contribution is 0.116. The molecule has 2 aliphatic carbocycles. The number of sulfonamides is 1. The average Bonchev–Trinajstić information content (AvgIpc) is 2.68. The van der Waals surface area contributed by atoms with E-state index in [9.17, 15) is 8.42 Å². The third-order valence-electron chi connectivity index (χ3n) is 6.29. The van der Waals surface area contributed by atoms with E-state index in [2.05, 4.69) is 22.2 Å². The van der Waals surface area contributed by atoms with Crippen LogP contribution in [0, 0.1) is 11.3 Å². The molecule has 1 fully saturated rings. The van der Waals surface area contributed by atoms with Gasteiger partial charge in [0.2, 0.25) is 10.0 Å². The zero-order valence-corrected chi connectivity index (χ0v) is 18.6. The summed E-state index contributed by atoms with van der Waals surface area (Å²) in [6.45, 7) is 1.58. The molecule has 0 saturated heterocycles. The van der Waals surface area contributed by atoms with Crippen LogP contribution in [0.2, 0.25) is 0 Å². The molecule has 0 spiro atoms. The Morgan fingerprint density at radius 2 is 2.03 bits per heavy atom. The molecule has 1 aromatic carbocycles. The van der Waals surface area contributed by atoms with Crippen LogP contribution in [0.4, 0.5) is 5.69 Å². The van der Waals surface area contributed by atoms with Crippen molar-refractivity contribution >= 4 is 27.3 Å². The van der Waals surface area contributed by atoms with E-state index in [-0.39, 0.29) is 5.41 Å². The van der Waals surface area contributed by atoms with Crippen LogP contribution >= 0.6 is 11.6 Å². The number of benzene rings is 1. The summed E-state index contributed by atoms with van der Waals surface area (Å²) in [6.07, 6.45) is 13.8. The molecule has 1 aromatic rings. The monoisotopic (exact) mass is 437 g/mol. The van der Waals surface area contributed by atoms with Gasteiger partial charge in [0.15, 0.2) is 0 Å². The SMILES string of the molecule is CS(=O)(=O)Nc1cccc(CCN[C@H]2CC[C@](CN)(C3C=CC=C(Cl)C3)CC2)c1. The molecule has 4 N–H and O–H groups in total. The number of hydrogen-bond donors (Lipinski definition) is 3. The smallest absolute Gasteiger partial charge is 0.229 e. The molecule has 0 aliphatic heterocycles. The molecular weight excluding hydrogens is 406 g/mol.